The number of rotatable bonds is 4. The minimum Gasteiger partial charge on any atom is -0.497 e. The first kappa shape index (κ1) is 24.0. The number of carbonyl (C=O) groups is 2. The van der Waals surface area contributed by atoms with E-state index in [-0.39, 0.29) is 44.5 Å². The second-order valence-corrected chi connectivity index (χ2v) is 9.93. The van der Waals surface area contributed by atoms with Crippen molar-refractivity contribution in [2.75, 3.05) is 26.7 Å². The van der Waals surface area contributed by atoms with Gasteiger partial charge in [0.2, 0.25) is 0 Å². The summed E-state index contributed by atoms with van der Waals surface area (Å²) in [6.45, 7) is 1.59. The molecule has 0 saturated carbocycles. The van der Waals surface area contributed by atoms with Gasteiger partial charge in [0.25, 0.3) is 11.8 Å². The van der Waals surface area contributed by atoms with Gasteiger partial charge in [0.1, 0.15) is 5.75 Å². The third-order valence-corrected chi connectivity index (χ3v) is 7.86. The van der Waals surface area contributed by atoms with E-state index in [4.69, 9.17) is 44.1 Å². The summed E-state index contributed by atoms with van der Waals surface area (Å²) in [6, 6.07) is 11.9. The molecule has 0 spiro atoms. The van der Waals surface area contributed by atoms with Crippen LogP contribution >= 0.6 is 34.8 Å². The second-order valence-electron chi connectivity index (χ2n) is 8.74. The lowest BCUT2D eigenvalue weighted by Gasteiger charge is -2.36. The highest BCUT2D eigenvalue weighted by Gasteiger charge is 2.43. The van der Waals surface area contributed by atoms with Gasteiger partial charge in [0, 0.05) is 36.8 Å². The van der Waals surface area contributed by atoms with Gasteiger partial charge in [-0.1, -0.05) is 40.0 Å². The summed E-state index contributed by atoms with van der Waals surface area (Å²) in [5, 5.41) is 4.72. The monoisotopic (exact) mass is 533 g/mol. The molecule has 2 saturated heterocycles. The zero-order valence-corrected chi connectivity index (χ0v) is 21.1. The largest absolute Gasteiger partial charge is 0.497 e. The van der Waals surface area contributed by atoms with Gasteiger partial charge in [-0.15, -0.1) is 0 Å². The molecule has 182 valence electrons. The molecule has 2 aliphatic heterocycles. The Balaban J connectivity index is 1.32. The number of hydrogen-bond acceptors (Lipinski definition) is 5. The molecule has 2 amide bonds. The van der Waals surface area contributed by atoms with E-state index in [0.29, 0.717) is 31.0 Å². The van der Waals surface area contributed by atoms with Gasteiger partial charge in [-0.25, -0.2) is 0 Å². The van der Waals surface area contributed by atoms with Gasteiger partial charge < -0.3 is 19.1 Å². The lowest BCUT2D eigenvalue weighted by Crippen LogP contribution is -2.48. The van der Waals surface area contributed by atoms with Crippen LogP contribution in [0.3, 0.4) is 0 Å². The van der Waals surface area contributed by atoms with Crippen molar-refractivity contribution in [3.05, 3.63) is 68.8 Å². The van der Waals surface area contributed by atoms with Crippen LogP contribution in [0.5, 0.6) is 5.75 Å². The quantitative estimate of drug-likeness (QED) is 0.402. The first-order valence-corrected chi connectivity index (χ1v) is 12.3. The highest BCUT2D eigenvalue weighted by Crippen LogP contribution is 2.35. The SMILES string of the molecule is COc1ccc(-c2cc(C(=O)N3CCC[C@@H]4CN(C(=O)c5cc(Cl)c(Cl)c(Cl)c5)C[C@@H]43)no2)cc1. The molecule has 2 aliphatic rings. The molecule has 0 radical (unpaired) electrons. The second kappa shape index (κ2) is 9.72. The maximum Gasteiger partial charge on any atom is 0.276 e. The van der Waals surface area contributed by atoms with Crippen molar-refractivity contribution in [1.29, 1.82) is 0 Å². The van der Waals surface area contributed by atoms with E-state index < -0.39 is 0 Å². The number of carbonyl (C=O) groups excluding carboxylic acids is 2. The van der Waals surface area contributed by atoms with Gasteiger partial charge in [-0.2, -0.15) is 0 Å². The van der Waals surface area contributed by atoms with Gasteiger partial charge in [-0.3, -0.25) is 9.59 Å². The van der Waals surface area contributed by atoms with E-state index >= 15 is 0 Å². The number of halogens is 3. The fourth-order valence-corrected chi connectivity index (χ4v) is 5.47. The van der Waals surface area contributed by atoms with E-state index in [1.54, 1.807) is 18.1 Å². The van der Waals surface area contributed by atoms with Crippen LogP contribution in [0, 0.1) is 5.92 Å². The lowest BCUT2D eigenvalue weighted by molar-refractivity contribution is 0.0554. The molecule has 0 bridgehead atoms. The Bertz CT molecular complexity index is 1250. The maximum absolute atomic E-state index is 13.4. The van der Waals surface area contributed by atoms with Crippen LogP contribution in [0.25, 0.3) is 11.3 Å². The number of benzene rings is 2. The third kappa shape index (κ3) is 4.60. The predicted octanol–water partition coefficient (Wildman–Crippen LogP) is 5.69. The standard InChI is InChI=1S/C25H22Cl3N3O4/c1-34-17-6-4-14(5-7-17)22-11-20(29-35-22)25(33)31-8-2-3-15-12-30(13-21(15)31)24(32)16-9-18(26)23(28)19(27)10-16/h4-7,9-11,15,21H,2-3,8,12-13H2,1H3/t15-,21+/m1/s1. The van der Waals surface area contributed by atoms with Crippen molar-refractivity contribution in [2.45, 2.75) is 18.9 Å². The summed E-state index contributed by atoms with van der Waals surface area (Å²) in [7, 11) is 1.60. The van der Waals surface area contributed by atoms with E-state index in [9.17, 15) is 9.59 Å². The Hall–Kier alpha value is -2.74. The number of likely N-dealkylation sites (tertiary alicyclic amines) is 2. The first-order chi connectivity index (χ1) is 16.9. The van der Waals surface area contributed by atoms with Crippen LogP contribution in [0.2, 0.25) is 15.1 Å². The summed E-state index contributed by atoms with van der Waals surface area (Å²) >= 11 is 18.3. The topological polar surface area (TPSA) is 75.9 Å². The maximum atomic E-state index is 13.4. The zero-order chi connectivity index (χ0) is 24.7. The number of nitrogens with zero attached hydrogens (tertiary/aromatic N) is 3. The van der Waals surface area contributed by atoms with Crippen molar-refractivity contribution < 1.29 is 18.8 Å². The van der Waals surface area contributed by atoms with Crippen LogP contribution in [-0.2, 0) is 0 Å². The number of hydrogen-bond donors (Lipinski definition) is 0. The van der Waals surface area contributed by atoms with Crippen molar-refractivity contribution in [3.63, 3.8) is 0 Å². The molecule has 0 N–H and O–H groups in total. The number of fused-ring (bicyclic) bond motifs is 1. The Morgan fingerprint density at radius 3 is 2.43 bits per heavy atom. The lowest BCUT2D eigenvalue weighted by atomic mass is 9.92. The normalized spacial score (nSPS) is 19.5. The smallest absolute Gasteiger partial charge is 0.276 e. The van der Waals surface area contributed by atoms with Crippen molar-refractivity contribution in [1.82, 2.24) is 15.0 Å². The number of aromatic nitrogens is 1. The molecule has 5 rings (SSSR count). The molecule has 0 aliphatic carbocycles. The average molecular weight is 535 g/mol. The van der Waals surface area contributed by atoms with E-state index in [1.165, 1.54) is 12.1 Å². The van der Waals surface area contributed by atoms with E-state index in [0.717, 1.165) is 24.2 Å². The Labute approximate surface area is 217 Å². The predicted molar refractivity (Wildman–Crippen MR) is 133 cm³/mol. The van der Waals surface area contributed by atoms with E-state index in [1.807, 2.05) is 29.2 Å². The number of methoxy groups -OCH3 is 1. The number of ether oxygens (including phenoxy) is 1. The molecule has 10 heteroatoms. The molecule has 7 nitrogen and oxygen atoms in total. The molecule has 1 aromatic heterocycles. The molecule has 2 atom stereocenters. The molecular formula is C25H22Cl3N3O4. The van der Waals surface area contributed by atoms with Crippen LogP contribution in [0.1, 0.15) is 33.7 Å². The number of amides is 2. The van der Waals surface area contributed by atoms with Crippen LogP contribution < -0.4 is 4.74 Å². The highest BCUT2D eigenvalue weighted by atomic mass is 35.5. The third-order valence-electron chi connectivity index (χ3n) is 6.66. The van der Waals surface area contributed by atoms with Gasteiger partial charge >= 0.3 is 0 Å². The minimum atomic E-state index is -0.199. The summed E-state index contributed by atoms with van der Waals surface area (Å²) in [5.74, 6) is 1.03. The van der Waals surface area contributed by atoms with Crippen LogP contribution in [-0.4, -0.2) is 59.6 Å². The summed E-state index contributed by atoms with van der Waals surface area (Å²) in [6.07, 6.45) is 1.80. The molecule has 2 aromatic carbocycles. The Morgan fingerprint density at radius 2 is 1.74 bits per heavy atom. The van der Waals surface area contributed by atoms with E-state index in [2.05, 4.69) is 5.16 Å². The minimum absolute atomic E-state index is 0.0976. The Morgan fingerprint density at radius 1 is 1.03 bits per heavy atom. The number of piperidine rings is 1. The van der Waals surface area contributed by atoms with Gasteiger partial charge in [0.05, 0.1) is 28.2 Å². The zero-order valence-electron chi connectivity index (χ0n) is 18.8. The van der Waals surface area contributed by atoms with Crippen molar-refractivity contribution >= 4 is 46.6 Å². The summed E-state index contributed by atoms with van der Waals surface area (Å²) < 4.78 is 10.6. The molecule has 2 fully saturated rings. The highest BCUT2D eigenvalue weighted by molar-refractivity contribution is 6.48. The summed E-state index contributed by atoms with van der Waals surface area (Å²) in [5.41, 5.74) is 1.42. The first-order valence-electron chi connectivity index (χ1n) is 11.2. The van der Waals surface area contributed by atoms with Crippen LogP contribution in [0.4, 0.5) is 0 Å². The van der Waals surface area contributed by atoms with Crippen molar-refractivity contribution in [2.24, 2.45) is 5.92 Å². The Kier molecular flexibility index (Phi) is 6.66. The summed E-state index contributed by atoms with van der Waals surface area (Å²) in [4.78, 5) is 30.1. The molecule has 35 heavy (non-hydrogen) atoms. The molecule has 0 unspecified atom stereocenters. The fraction of sp³-hybridized carbons (Fsp3) is 0.320. The molecular weight excluding hydrogens is 513 g/mol. The van der Waals surface area contributed by atoms with Gasteiger partial charge in [0.15, 0.2) is 11.5 Å². The van der Waals surface area contributed by atoms with Crippen LogP contribution in [0.15, 0.2) is 47.0 Å². The molecule has 3 aromatic rings. The average Bonchev–Trinajstić information content (AvgIpc) is 3.54. The molecule has 3 heterocycles. The van der Waals surface area contributed by atoms with Crippen molar-refractivity contribution in [3.8, 4) is 17.1 Å². The van der Waals surface area contributed by atoms with Gasteiger partial charge in [-0.05, 0) is 55.2 Å². The fourth-order valence-electron chi connectivity index (χ4n) is 4.87.